The fourth-order valence-corrected chi connectivity index (χ4v) is 4.19. The van der Waals surface area contributed by atoms with E-state index in [1.54, 1.807) is 34.9 Å². The number of nitrogens with zero attached hydrogens (tertiary/aromatic N) is 3. The third-order valence-corrected chi connectivity index (χ3v) is 5.71. The Morgan fingerprint density at radius 1 is 1.07 bits per heavy atom. The molecule has 0 unspecified atom stereocenters. The van der Waals surface area contributed by atoms with Crippen molar-refractivity contribution in [1.82, 2.24) is 14.5 Å². The zero-order valence-electron chi connectivity index (χ0n) is 17.3. The molecule has 0 saturated carbocycles. The molecule has 0 N–H and O–H groups in total. The highest BCUT2D eigenvalue weighted by Gasteiger charge is 2.16. The maximum atomic E-state index is 13.3. The summed E-state index contributed by atoms with van der Waals surface area (Å²) in [6, 6.07) is 13.2. The molecule has 3 rings (SSSR count). The quantitative estimate of drug-likeness (QED) is 0.377. The van der Waals surface area contributed by atoms with Gasteiger partial charge in [0.25, 0.3) is 5.56 Å². The van der Waals surface area contributed by atoms with Crippen LogP contribution < -0.4 is 5.56 Å². The largest absolute Gasteiger partial charge is 0.342 e. The van der Waals surface area contributed by atoms with E-state index in [1.165, 1.54) is 23.9 Å². The fourth-order valence-electron chi connectivity index (χ4n) is 3.29. The lowest BCUT2D eigenvalue weighted by molar-refractivity contribution is -0.128. The molecule has 0 spiro atoms. The number of para-hydroxylation sites is 1. The first kappa shape index (κ1) is 22.0. The van der Waals surface area contributed by atoms with Crippen molar-refractivity contribution in [3.05, 3.63) is 70.3 Å². The number of hydrogen-bond donors (Lipinski definition) is 0. The Morgan fingerprint density at radius 2 is 1.73 bits per heavy atom. The molecular weight excluding hydrogens is 401 g/mol. The van der Waals surface area contributed by atoms with Crippen LogP contribution in [0.3, 0.4) is 0 Å². The van der Waals surface area contributed by atoms with Gasteiger partial charge in [0, 0.05) is 13.1 Å². The number of rotatable bonds is 9. The summed E-state index contributed by atoms with van der Waals surface area (Å²) in [7, 11) is 0. The van der Waals surface area contributed by atoms with Gasteiger partial charge in [-0.3, -0.25) is 14.2 Å². The Morgan fingerprint density at radius 3 is 2.40 bits per heavy atom. The second-order valence-electron chi connectivity index (χ2n) is 7.10. The van der Waals surface area contributed by atoms with Crippen LogP contribution in [-0.2, 0) is 11.3 Å². The molecule has 7 heteroatoms. The highest BCUT2D eigenvalue weighted by atomic mass is 32.2. The number of fused-ring (bicyclic) bond motifs is 1. The minimum atomic E-state index is -0.324. The first-order chi connectivity index (χ1) is 14.5. The predicted octanol–water partition coefficient (Wildman–Crippen LogP) is 4.32. The van der Waals surface area contributed by atoms with Gasteiger partial charge in [-0.15, -0.1) is 0 Å². The summed E-state index contributed by atoms with van der Waals surface area (Å²) >= 11 is 1.27. The molecule has 5 nitrogen and oxygen atoms in total. The highest BCUT2D eigenvalue weighted by molar-refractivity contribution is 7.99. The summed E-state index contributed by atoms with van der Waals surface area (Å²) in [6.45, 7) is 5.81. The van der Waals surface area contributed by atoms with Gasteiger partial charge in [-0.05, 0) is 42.7 Å². The van der Waals surface area contributed by atoms with Crippen LogP contribution in [0, 0.1) is 5.82 Å². The van der Waals surface area contributed by atoms with E-state index >= 15 is 0 Å². The number of aromatic nitrogens is 2. The van der Waals surface area contributed by atoms with Crippen LogP contribution in [0.1, 0.15) is 32.3 Å². The maximum Gasteiger partial charge on any atom is 0.262 e. The Hall–Kier alpha value is -2.67. The molecule has 0 bridgehead atoms. The normalized spacial score (nSPS) is 11.0. The van der Waals surface area contributed by atoms with Gasteiger partial charge in [-0.1, -0.05) is 49.9 Å². The van der Waals surface area contributed by atoms with Crippen molar-refractivity contribution >= 4 is 28.6 Å². The third kappa shape index (κ3) is 5.27. The molecule has 0 aliphatic rings. The Balaban J connectivity index is 1.92. The minimum absolute atomic E-state index is 0.0411. The van der Waals surface area contributed by atoms with E-state index in [0.29, 0.717) is 16.1 Å². The SMILES string of the molecule is CCCN(CCC)C(=O)CSc1nc2ccccc2c(=O)n1Cc1ccc(F)cc1. The van der Waals surface area contributed by atoms with Crippen LogP contribution in [0.2, 0.25) is 0 Å². The van der Waals surface area contributed by atoms with Crippen LogP contribution >= 0.6 is 11.8 Å². The van der Waals surface area contributed by atoms with Crippen molar-refractivity contribution in [2.45, 2.75) is 38.4 Å². The summed E-state index contributed by atoms with van der Waals surface area (Å²) in [5.41, 5.74) is 1.23. The van der Waals surface area contributed by atoms with Gasteiger partial charge in [0.2, 0.25) is 5.91 Å². The molecule has 0 aliphatic heterocycles. The molecule has 1 heterocycles. The van der Waals surface area contributed by atoms with E-state index in [2.05, 4.69) is 4.98 Å². The van der Waals surface area contributed by atoms with Crippen molar-refractivity contribution in [3.8, 4) is 0 Å². The lowest BCUT2D eigenvalue weighted by Gasteiger charge is -2.21. The van der Waals surface area contributed by atoms with Crippen LogP contribution in [0.15, 0.2) is 58.5 Å². The molecule has 30 heavy (non-hydrogen) atoms. The summed E-state index contributed by atoms with van der Waals surface area (Å²) < 4.78 is 14.8. The molecule has 158 valence electrons. The molecule has 0 aliphatic carbocycles. The van der Waals surface area contributed by atoms with Crippen molar-refractivity contribution in [3.63, 3.8) is 0 Å². The highest BCUT2D eigenvalue weighted by Crippen LogP contribution is 2.20. The number of thioether (sulfide) groups is 1. The van der Waals surface area contributed by atoms with Gasteiger partial charge in [0.05, 0.1) is 23.2 Å². The number of halogens is 1. The minimum Gasteiger partial charge on any atom is -0.342 e. The van der Waals surface area contributed by atoms with Crippen LogP contribution in [-0.4, -0.2) is 39.2 Å². The molecule has 1 aromatic heterocycles. The van der Waals surface area contributed by atoms with Gasteiger partial charge in [-0.2, -0.15) is 0 Å². The smallest absolute Gasteiger partial charge is 0.262 e. The second kappa shape index (κ2) is 10.4. The fraction of sp³-hybridized carbons (Fsp3) is 0.348. The second-order valence-corrected chi connectivity index (χ2v) is 8.04. The average molecular weight is 428 g/mol. The molecule has 0 fully saturated rings. The van der Waals surface area contributed by atoms with Gasteiger partial charge in [0.15, 0.2) is 5.16 Å². The maximum absolute atomic E-state index is 13.3. The lowest BCUT2D eigenvalue weighted by Crippen LogP contribution is -2.34. The molecule has 0 radical (unpaired) electrons. The monoisotopic (exact) mass is 427 g/mol. The van der Waals surface area contributed by atoms with Crippen LogP contribution in [0.4, 0.5) is 4.39 Å². The van der Waals surface area contributed by atoms with E-state index in [-0.39, 0.29) is 29.6 Å². The number of hydrogen-bond acceptors (Lipinski definition) is 4. The standard InChI is InChI=1S/C23H26FN3O2S/c1-3-13-26(14-4-2)21(28)16-30-23-25-20-8-6-5-7-19(20)22(29)27(23)15-17-9-11-18(24)12-10-17/h5-12H,3-4,13-16H2,1-2H3. The average Bonchev–Trinajstić information content (AvgIpc) is 2.75. The number of amides is 1. The summed E-state index contributed by atoms with van der Waals surface area (Å²) in [6.07, 6.45) is 1.81. The third-order valence-electron chi connectivity index (χ3n) is 4.75. The molecule has 0 saturated heterocycles. The molecular formula is C23H26FN3O2S. The zero-order valence-corrected chi connectivity index (χ0v) is 18.1. The predicted molar refractivity (Wildman–Crippen MR) is 119 cm³/mol. The topological polar surface area (TPSA) is 55.2 Å². The number of carbonyl (C=O) groups is 1. The zero-order chi connectivity index (χ0) is 21.5. The van der Waals surface area contributed by atoms with Crippen molar-refractivity contribution < 1.29 is 9.18 Å². The van der Waals surface area contributed by atoms with Crippen molar-refractivity contribution in [2.75, 3.05) is 18.8 Å². The van der Waals surface area contributed by atoms with Gasteiger partial charge in [-0.25, -0.2) is 9.37 Å². The number of benzene rings is 2. The van der Waals surface area contributed by atoms with E-state index in [0.717, 1.165) is 31.5 Å². The van der Waals surface area contributed by atoms with E-state index < -0.39 is 0 Å². The first-order valence-corrected chi connectivity index (χ1v) is 11.2. The van der Waals surface area contributed by atoms with Gasteiger partial charge in [0.1, 0.15) is 5.82 Å². The van der Waals surface area contributed by atoms with Gasteiger partial charge >= 0.3 is 0 Å². The molecule has 2 aromatic carbocycles. The van der Waals surface area contributed by atoms with E-state index in [9.17, 15) is 14.0 Å². The molecule has 0 atom stereocenters. The van der Waals surface area contributed by atoms with Crippen LogP contribution in [0.5, 0.6) is 0 Å². The van der Waals surface area contributed by atoms with E-state index in [4.69, 9.17) is 0 Å². The Labute approximate surface area is 179 Å². The molecule has 3 aromatic rings. The van der Waals surface area contributed by atoms with Crippen molar-refractivity contribution in [2.24, 2.45) is 0 Å². The number of carbonyl (C=O) groups excluding carboxylic acids is 1. The first-order valence-electron chi connectivity index (χ1n) is 10.2. The summed E-state index contributed by atoms with van der Waals surface area (Å²) in [5.74, 6) is -0.0666. The summed E-state index contributed by atoms with van der Waals surface area (Å²) in [5, 5.41) is 1.01. The molecule has 1 amide bonds. The van der Waals surface area contributed by atoms with Crippen molar-refractivity contribution in [1.29, 1.82) is 0 Å². The van der Waals surface area contributed by atoms with E-state index in [1.807, 2.05) is 24.8 Å². The lowest BCUT2D eigenvalue weighted by atomic mass is 10.2. The summed E-state index contributed by atoms with van der Waals surface area (Å²) in [4.78, 5) is 32.4. The Bertz CT molecular complexity index is 1060. The Kier molecular flexibility index (Phi) is 7.63. The van der Waals surface area contributed by atoms with Gasteiger partial charge < -0.3 is 4.90 Å². The van der Waals surface area contributed by atoms with Crippen LogP contribution in [0.25, 0.3) is 10.9 Å².